The van der Waals surface area contributed by atoms with E-state index in [4.69, 9.17) is 4.99 Å². The smallest absolute Gasteiger partial charge is 0.181 e. The van der Waals surface area contributed by atoms with Crippen LogP contribution in [0, 0.1) is 0 Å². The van der Waals surface area contributed by atoms with Gasteiger partial charge >= 0.3 is 0 Å². The molecular formula is C21H17N5. The topological polar surface area (TPSA) is 48.0 Å². The maximum absolute atomic E-state index is 4.77. The van der Waals surface area contributed by atoms with Crippen molar-refractivity contribution in [3.63, 3.8) is 0 Å². The molecule has 5 heteroatoms. The zero-order valence-electron chi connectivity index (χ0n) is 14.4. The Hall–Kier alpha value is -3.47. The van der Waals surface area contributed by atoms with Crippen LogP contribution in [0.15, 0.2) is 78.3 Å². The summed E-state index contributed by atoms with van der Waals surface area (Å²) in [6, 6.07) is 16.8. The SMILES string of the molecule is Cn1ccnc1-c1nccn1-c1ccc(C2=Nc3ccccc3C2)cc1. The highest BCUT2D eigenvalue weighted by atomic mass is 15.1. The number of aromatic nitrogens is 4. The molecule has 0 saturated carbocycles. The van der Waals surface area contributed by atoms with Gasteiger partial charge in [0.05, 0.1) is 11.4 Å². The van der Waals surface area contributed by atoms with Crippen LogP contribution in [0.25, 0.3) is 17.3 Å². The number of fused-ring (bicyclic) bond motifs is 1. The van der Waals surface area contributed by atoms with Gasteiger partial charge in [-0.25, -0.2) is 9.97 Å². The molecule has 5 rings (SSSR count). The van der Waals surface area contributed by atoms with Crippen LogP contribution in [-0.4, -0.2) is 24.8 Å². The first kappa shape index (κ1) is 14.8. The first-order valence-corrected chi connectivity index (χ1v) is 8.57. The summed E-state index contributed by atoms with van der Waals surface area (Å²) < 4.78 is 4.02. The van der Waals surface area contributed by atoms with Crippen LogP contribution in [0.1, 0.15) is 11.1 Å². The Kier molecular flexibility index (Phi) is 3.31. The molecule has 1 aliphatic heterocycles. The predicted octanol–water partition coefficient (Wildman–Crippen LogP) is 3.95. The van der Waals surface area contributed by atoms with Crippen molar-refractivity contribution in [3.05, 3.63) is 84.4 Å². The number of imidazole rings is 2. The second-order valence-electron chi connectivity index (χ2n) is 6.39. The molecule has 126 valence electrons. The lowest BCUT2D eigenvalue weighted by molar-refractivity contribution is 0.897. The van der Waals surface area contributed by atoms with E-state index < -0.39 is 0 Å². The minimum atomic E-state index is 0.830. The van der Waals surface area contributed by atoms with Gasteiger partial charge in [0.2, 0.25) is 0 Å². The van der Waals surface area contributed by atoms with Crippen molar-refractivity contribution in [2.45, 2.75) is 6.42 Å². The highest BCUT2D eigenvalue weighted by Gasteiger charge is 2.16. The van der Waals surface area contributed by atoms with Crippen LogP contribution in [0.3, 0.4) is 0 Å². The van der Waals surface area contributed by atoms with Gasteiger partial charge in [-0.05, 0) is 29.3 Å². The molecule has 5 nitrogen and oxygen atoms in total. The number of aryl methyl sites for hydroxylation is 1. The third-order valence-electron chi connectivity index (χ3n) is 4.75. The molecule has 3 heterocycles. The summed E-state index contributed by atoms with van der Waals surface area (Å²) in [6.45, 7) is 0. The molecule has 1 aliphatic rings. The lowest BCUT2D eigenvalue weighted by atomic mass is 10.0. The minimum absolute atomic E-state index is 0.830. The molecule has 26 heavy (non-hydrogen) atoms. The monoisotopic (exact) mass is 339 g/mol. The summed E-state index contributed by atoms with van der Waals surface area (Å²) in [5, 5.41) is 0. The van der Waals surface area contributed by atoms with E-state index in [1.165, 1.54) is 5.56 Å². The zero-order chi connectivity index (χ0) is 17.5. The van der Waals surface area contributed by atoms with E-state index in [-0.39, 0.29) is 0 Å². The van der Waals surface area contributed by atoms with Crippen molar-refractivity contribution >= 4 is 11.4 Å². The van der Waals surface area contributed by atoms with Crippen molar-refractivity contribution in [3.8, 4) is 17.3 Å². The van der Waals surface area contributed by atoms with Crippen LogP contribution in [0.5, 0.6) is 0 Å². The van der Waals surface area contributed by atoms with E-state index in [0.717, 1.165) is 40.7 Å². The summed E-state index contributed by atoms with van der Waals surface area (Å²) in [6.07, 6.45) is 8.36. The lowest BCUT2D eigenvalue weighted by Gasteiger charge is -2.09. The van der Waals surface area contributed by atoms with Crippen LogP contribution in [0.4, 0.5) is 5.69 Å². The molecule has 0 unspecified atom stereocenters. The number of nitrogens with zero attached hydrogens (tertiary/aromatic N) is 5. The maximum atomic E-state index is 4.77. The quantitative estimate of drug-likeness (QED) is 0.567. The summed E-state index contributed by atoms with van der Waals surface area (Å²) in [4.78, 5) is 13.7. The molecule has 0 atom stereocenters. The third kappa shape index (κ3) is 2.37. The number of aliphatic imine (C=N–C) groups is 1. The van der Waals surface area contributed by atoms with E-state index in [9.17, 15) is 0 Å². The van der Waals surface area contributed by atoms with E-state index in [2.05, 4.69) is 57.0 Å². The number of hydrogen-bond acceptors (Lipinski definition) is 3. The molecule has 0 radical (unpaired) electrons. The van der Waals surface area contributed by atoms with Gasteiger partial charge in [0.1, 0.15) is 0 Å². The fourth-order valence-corrected chi connectivity index (χ4v) is 3.37. The van der Waals surface area contributed by atoms with Crippen molar-refractivity contribution < 1.29 is 0 Å². The highest BCUT2D eigenvalue weighted by Crippen LogP contribution is 2.29. The number of hydrogen-bond donors (Lipinski definition) is 0. The molecule has 0 aliphatic carbocycles. The number of benzene rings is 2. The van der Waals surface area contributed by atoms with Gasteiger partial charge in [-0.15, -0.1) is 0 Å². The second-order valence-corrected chi connectivity index (χ2v) is 6.39. The summed E-state index contributed by atoms with van der Waals surface area (Å²) in [5.41, 5.74) is 5.70. The molecule has 0 amide bonds. The molecule has 0 spiro atoms. The van der Waals surface area contributed by atoms with Gasteiger partial charge in [0.25, 0.3) is 0 Å². The van der Waals surface area contributed by atoms with Crippen LogP contribution in [0.2, 0.25) is 0 Å². The second kappa shape index (κ2) is 5.81. The first-order valence-electron chi connectivity index (χ1n) is 8.57. The Labute approximate surface area is 151 Å². The molecule has 2 aromatic heterocycles. The summed E-state index contributed by atoms with van der Waals surface area (Å²) >= 11 is 0. The van der Waals surface area contributed by atoms with Crippen molar-refractivity contribution in [1.82, 2.24) is 19.1 Å². The Morgan fingerprint density at radius 1 is 0.846 bits per heavy atom. The fraction of sp³-hybridized carbons (Fsp3) is 0.0952. The summed E-state index contributed by atoms with van der Waals surface area (Å²) in [7, 11) is 1.97. The standard InChI is InChI=1S/C21H17N5/c1-25-12-10-22-20(25)21-23-11-13-26(21)17-8-6-15(7-9-17)19-14-16-4-2-3-5-18(16)24-19/h2-13H,14H2,1H3. The van der Waals surface area contributed by atoms with E-state index in [0.29, 0.717) is 0 Å². The average Bonchev–Trinajstić information content (AvgIpc) is 3.40. The Balaban J connectivity index is 1.48. The maximum Gasteiger partial charge on any atom is 0.181 e. The lowest BCUT2D eigenvalue weighted by Crippen LogP contribution is -2.03. The average molecular weight is 339 g/mol. The first-order chi connectivity index (χ1) is 12.8. The van der Waals surface area contributed by atoms with Crippen LogP contribution in [-0.2, 0) is 13.5 Å². The Morgan fingerprint density at radius 3 is 2.38 bits per heavy atom. The molecule has 0 fully saturated rings. The van der Waals surface area contributed by atoms with E-state index in [1.807, 2.05) is 30.1 Å². The third-order valence-corrected chi connectivity index (χ3v) is 4.75. The molecule has 4 aromatic rings. The largest absolute Gasteiger partial charge is 0.331 e. The summed E-state index contributed by atoms with van der Waals surface area (Å²) in [5.74, 6) is 1.67. The van der Waals surface area contributed by atoms with Crippen LogP contribution < -0.4 is 0 Å². The van der Waals surface area contributed by atoms with Crippen molar-refractivity contribution in [2.24, 2.45) is 12.0 Å². The molecule has 0 bridgehead atoms. The number of rotatable bonds is 3. The van der Waals surface area contributed by atoms with Gasteiger partial charge in [-0.3, -0.25) is 9.56 Å². The molecule has 0 saturated heterocycles. The normalized spacial score (nSPS) is 12.9. The van der Waals surface area contributed by atoms with E-state index >= 15 is 0 Å². The van der Waals surface area contributed by atoms with Gasteiger partial charge in [0.15, 0.2) is 11.6 Å². The van der Waals surface area contributed by atoms with Gasteiger partial charge < -0.3 is 4.57 Å². The molecular weight excluding hydrogens is 322 g/mol. The van der Waals surface area contributed by atoms with Crippen molar-refractivity contribution in [2.75, 3.05) is 0 Å². The number of para-hydroxylation sites is 1. The Morgan fingerprint density at radius 2 is 1.62 bits per heavy atom. The highest BCUT2D eigenvalue weighted by molar-refractivity contribution is 6.06. The zero-order valence-corrected chi connectivity index (χ0v) is 14.4. The fourth-order valence-electron chi connectivity index (χ4n) is 3.37. The Bertz CT molecular complexity index is 1120. The van der Waals surface area contributed by atoms with Crippen molar-refractivity contribution in [1.29, 1.82) is 0 Å². The predicted molar refractivity (Wildman–Crippen MR) is 102 cm³/mol. The minimum Gasteiger partial charge on any atom is -0.331 e. The molecule has 0 N–H and O–H groups in total. The molecule has 2 aromatic carbocycles. The van der Waals surface area contributed by atoms with Crippen LogP contribution >= 0.6 is 0 Å². The van der Waals surface area contributed by atoms with Gasteiger partial charge in [0, 0.05) is 43.9 Å². The van der Waals surface area contributed by atoms with E-state index in [1.54, 1.807) is 12.4 Å². The van der Waals surface area contributed by atoms with Gasteiger partial charge in [-0.2, -0.15) is 0 Å². The van der Waals surface area contributed by atoms with Gasteiger partial charge in [-0.1, -0.05) is 30.3 Å².